The highest BCUT2D eigenvalue weighted by atomic mass is 19.1. The van der Waals surface area contributed by atoms with Crippen molar-refractivity contribution >= 4 is 6.03 Å². The van der Waals surface area contributed by atoms with Crippen LogP contribution >= 0.6 is 0 Å². The van der Waals surface area contributed by atoms with E-state index in [9.17, 15) is 14.0 Å². The van der Waals surface area contributed by atoms with E-state index in [1.807, 2.05) is 30.3 Å². The molecule has 1 aromatic heterocycles. The molecular formula is C17H16FN5O2. The Morgan fingerprint density at radius 3 is 2.64 bits per heavy atom. The van der Waals surface area contributed by atoms with E-state index in [2.05, 4.69) is 15.7 Å². The Labute approximate surface area is 142 Å². The van der Waals surface area contributed by atoms with E-state index in [0.717, 1.165) is 23.6 Å². The molecule has 0 aliphatic rings. The Morgan fingerprint density at radius 2 is 1.88 bits per heavy atom. The van der Waals surface area contributed by atoms with Gasteiger partial charge in [-0.15, -0.1) is 4.68 Å². The minimum absolute atomic E-state index is 0.202. The number of hydrogen-bond acceptors (Lipinski definition) is 4. The largest absolute Gasteiger partial charge is 0.377 e. The van der Waals surface area contributed by atoms with Crippen molar-refractivity contribution in [3.05, 3.63) is 76.5 Å². The molecule has 0 aliphatic heterocycles. The SMILES string of the molecule is O=C(NCCCc1ccccc1)n1nnn(-c2cccc(F)c2)c1=O. The normalized spacial score (nSPS) is 10.6. The maximum atomic E-state index is 13.2. The maximum absolute atomic E-state index is 13.2. The number of carbonyl (C=O) groups excluding carboxylic acids is 1. The standard InChI is InChI=1S/C17H16FN5O2/c18-14-9-4-10-15(12-14)22-17(25)23(21-20-22)16(24)19-11-5-8-13-6-2-1-3-7-13/h1-4,6-7,9-10,12H,5,8,11H2,(H,19,24). The first-order valence-corrected chi connectivity index (χ1v) is 7.78. The highest BCUT2D eigenvalue weighted by Gasteiger charge is 2.15. The van der Waals surface area contributed by atoms with Crippen LogP contribution in [0.2, 0.25) is 0 Å². The van der Waals surface area contributed by atoms with Gasteiger partial charge in [0.1, 0.15) is 5.82 Å². The summed E-state index contributed by atoms with van der Waals surface area (Å²) in [5.41, 5.74) is 0.616. The number of nitrogens with zero attached hydrogens (tertiary/aromatic N) is 4. The Hall–Kier alpha value is -3.29. The van der Waals surface area contributed by atoms with Crippen molar-refractivity contribution in [2.24, 2.45) is 0 Å². The number of benzene rings is 2. The van der Waals surface area contributed by atoms with Crippen LogP contribution in [0.25, 0.3) is 5.69 Å². The summed E-state index contributed by atoms with van der Waals surface area (Å²) in [6.07, 6.45) is 1.54. The molecule has 3 aromatic rings. The van der Waals surface area contributed by atoms with Crippen LogP contribution in [0.5, 0.6) is 0 Å². The van der Waals surface area contributed by atoms with Gasteiger partial charge < -0.3 is 5.32 Å². The van der Waals surface area contributed by atoms with Gasteiger partial charge in [0.2, 0.25) is 0 Å². The predicted octanol–water partition coefficient (Wildman–Crippen LogP) is 1.76. The number of carbonyl (C=O) groups is 1. The molecule has 0 saturated heterocycles. The van der Waals surface area contributed by atoms with Gasteiger partial charge in [-0.05, 0) is 47.0 Å². The number of halogens is 1. The number of amides is 1. The molecule has 0 radical (unpaired) electrons. The summed E-state index contributed by atoms with van der Waals surface area (Å²) >= 11 is 0. The second kappa shape index (κ2) is 7.52. The third-order valence-electron chi connectivity index (χ3n) is 3.59. The zero-order chi connectivity index (χ0) is 17.6. The van der Waals surface area contributed by atoms with Crippen LogP contribution in [0.15, 0.2) is 59.4 Å². The Morgan fingerprint density at radius 1 is 1.08 bits per heavy atom. The molecule has 1 N–H and O–H groups in total. The van der Waals surface area contributed by atoms with Gasteiger partial charge in [-0.1, -0.05) is 36.4 Å². The molecule has 0 spiro atoms. The van der Waals surface area contributed by atoms with E-state index in [-0.39, 0.29) is 5.69 Å². The second-order valence-electron chi connectivity index (χ2n) is 5.39. The summed E-state index contributed by atoms with van der Waals surface area (Å²) in [4.78, 5) is 24.2. The lowest BCUT2D eigenvalue weighted by Gasteiger charge is -2.03. The third-order valence-corrected chi connectivity index (χ3v) is 3.59. The molecule has 7 nitrogen and oxygen atoms in total. The third kappa shape index (κ3) is 3.97. The number of aryl methyl sites for hydroxylation is 1. The second-order valence-corrected chi connectivity index (χ2v) is 5.39. The van der Waals surface area contributed by atoms with Gasteiger partial charge >= 0.3 is 11.7 Å². The quantitative estimate of drug-likeness (QED) is 0.566. The molecule has 1 amide bonds. The summed E-state index contributed by atoms with van der Waals surface area (Å²) < 4.78 is 14.7. The molecule has 25 heavy (non-hydrogen) atoms. The smallest absolute Gasteiger partial charge is 0.336 e. The Balaban J connectivity index is 1.60. The number of rotatable bonds is 5. The summed E-state index contributed by atoms with van der Waals surface area (Å²) in [5.74, 6) is -0.510. The zero-order valence-electron chi connectivity index (χ0n) is 13.3. The molecule has 1 heterocycles. The summed E-state index contributed by atoms with van der Waals surface area (Å²) in [6.45, 7) is 0.396. The lowest BCUT2D eigenvalue weighted by atomic mass is 10.1. The monoisotopic (exact) mass is 341 g/mol. The van der Waals surface area contributed by atoms with Gasteiger partial charge in [-0.3, -0.25) is 0 Å². The van der Waals surface area contributed by atoms with Crippen LogP contribution in [0.1, 0.15) is 12.0 Å². The fourth-order valence-corrected chi connectivity index (χ4v) is 2.35. The zero-order valence-corrected chi connectivity index (χ0v) is 13.3. The van der Waals surface area contributed by atoms with Crippen LogP contribution in [0.4, 0.5) is 9.18 Å². The van der Waals surface area contributed by atoms with E-state index in [1.54, 1.807) is 0 Å². The lowest BCUT2D eigenvalue weighted by Crippen LogP contribution is -2.38. The van der Waals surface area contributed by atoms with E-state index >= 15 is 0 Å². The van der Waals surface area contributed by atoms with E-state index in [4.69, 9.17) is 0 Å². The van der Waals surface area contributed by atoms with Crippen molar-refractivity contribution in [1.82, 2.24) is 25.1 Å². The molecule has 128 valence electrons. The maximum Gasteiger partial charge on any atom is 0.377 e. The molecule has 0 atom stereocenters. The van der Waals surface area contributed by atoms with Gasteiger partial charge in [0, 0.05) is 6.54 Å². The van der Waals surface area contributed by atoms with Gasteiger partial charge in [-0.25, -0.2) is 14.0 Å². The molecule has 0 fully saturated rings. The molecule has 8 heteroatoms. The Bertz CT molecular complexity index is 920. The van der Waals surface area contributed by atoms with Crippen molar-refractivity contribution < 1.29 is 9.18 Å². The van der Waals surface area contributed by atoms with Crippen molar-refractivity contribution in [2.75, 3.05) is 6.54 Å². The van der Waals surface area contributed by atoms with Crippen molar-refractivity contribution in [2.45, 2.75) is 12.8 Å². The van der Waals surface area contributed by atoms with Crippen molar-refractivity contribution in [3.63, 3.8) is 0 Å². The summed E-state index contributed by atoms with van der Waals surface area (Å²) in [7, 11) is 0. The minimum Gasteiger partial charge on any atom is -0.336 e. The topological polar surface area (TPSA) is 81.8 Å². The highest BCUT2D eigenvalue weighted by Crippen LogP contribution is 2.05. The Kier molecular flexibility index (Phi) is 4.98. The lowest BCUT2D eigenvalue weighted by molar-refractivity contribution is 0.238. The van der Waals surface area contributed by atoms with Crippen LogP contribution < -0.4 is 11.0 Å². The first-order chi connectivity index (χ1) is 12.1. The molecule has 0 bridgehead atoms. The van der Waals surface area contributed by atoms with Crippen LogP contribution in [-0.4, -0.2) is 32.4 Å². The van der Waals surface area contributed by atoms with Gasteiger partial charge in [-0.2, -0.15) is 4.68 Å². The summed E-state index contributed by atoms with van der Waals surface area (Å²) in [5, 5.41) is 9.78. The van der Waals surface area contributed by atoms with Gasteiger partial charge in [0.05, 0.1) is 5.69 Å². The average molecular weight is 341 g/mol. The van der Waals surface area contributed by atoms with Crippen LogP contribution in [0.3, 0.4) is 0 Å². The summed E-state index contributed by atoms with van der Waals surface area (Å²) in [6, 6.07) is 14.5. The number of hydrogen-bond donors (Lipinski definition) is 1. The number of aromatic nitrogens is 4. The van der Waals surface area contributed by atoms with Gasteiger partial charge in [0.15, 0.2) is 0 Å². The first kappa shape index (κ1) is 16.6. The van der Waals surface area contributed by atoms with E-state index in [0.29, 0.717) is 11.2 Å². The molecule has 0 aliphatic carbocycles. The molecule has 0 unspecified atom stereocenters. The molecular weight excluding hydrogens is 325 g/mol. The van der Waals surface area contributed by atoms with Crippen LogP contribution in [-0.2, 0) is 6.42 Å². The fourth-order valence-electron chi connectivity index (χ4n) is 2.35. The number of tetrazole rings is 1. The highest BCUT2D eigenvalue weighted by molar-refractivity contribution is 5.75. The van der Waals surface area contributed by atoms with Crippen molar-refractivity contribution in [3.8, 4) is 5.69 Å². The molecule has 2 aromatic carbocycles. The molecule has 3 rings (SSSR count). The fraction of sp³-hybridized carbons (Fsp3) is 0.176. The number of nitrogens with one attached hydrogen (secondary N) is 1. The van der Waals surface area contributed by atoms with Crippen LogP contribution in [0, 0.1) is 5.82 Å². The average Bonchev–Trinajstić information content (AvgIpc) is 3.01. The van der Waals surface area contributed by atoms with E-state index in [1.165, 1.54) is 23.8 Å². The van der Waals surface area contributed by atoms with Crippen molar-refractivity contribution in [1.29, 1.82) is 0 Å². The minimum atomic E-state index is -0.758. The molecule has 0 saturated carbocycles. The first-order valence-electron chi connectivity index (χ1n) is 7.78. The van der Waals surface area contributed by atoms with Gasteiger partial charge in [0.25, 0.3) is 0 Å². The predicted molar refractivity (Wildman–Crippen MR) is 89.1 cm³/mol. The van der Waals surface area contributed by atoms with E-state index < -0.39 is 17.5 Å².